The maximum atomic E-state index is 12.8. The van der Waals surface area contributed by atoms with Crippen LogP contribution in [0.2, 0.25) is 0 Å². The van der Waals surface area contributed by atoms with E-state index in [1.54, 1.807) is 34.1 Å². The number of aromatic nitrogens is 1. The Labute approximate surface area is 269 Å². The third-order valence-electron chi connectivity index (χ3n) is 7.29. The summed E-state index contributed by atoms with van der Waals surface area (Å²) >= 11 is 0. The number of carbonyl (C=O) groups excluding carboxylic acids is 1. The van der Waals surface area contributed by atoms with Crippen LogP contribution in [-0.2, 0) is 31.0 Å². The van der Waals surface area contributed by atoms with E-state index in [1.165, 1.54) is 10.5 Å². The van der Waals surface area contributed by atoms with E-state index in [0.29, 0.717) is 54.8 Å². The van der Waals surface area contributed by atoms with Gasteiger partial charge >= 0.3 is 5.97 Å². The number of anilines is 1. The Morgan fingerprint density at radius 3 is 2.35 bits per heavy atom. The molecule has 2 aromatic carbocycles. The number of ether oxygens (including phenoxy) is 2. The molecule has 1 aliphatic rings. The van der Waals surface area contributed by atoms with E-state index in [4.69, 9.17) is 13.9 Å². The predicted molar refractivity (Wildman–Crippen MR) is 172 cm³/mol. The van der Waals surface area contributed by atoms with Crippen molar-refractivity contribution in [1.82, 2.24) is 19.3 Å². The lowest BCUT2D eigenvalue weighted by atomic mass is 10.1. The minimum atomic E-state index is -3.94. The Bertz CT molecular complexity index is 1670. The Balaban J connectivity index is 1.43. The minimum absolute atomic E-state index is 0.0658. The molecule has 4 rings (SSSR count). The number of oxazole rings is 1. The molecule has 1 aliphatic heterocycles. The van der Waals surface area contributed by atoms with Gasteiger partial charge in [-0.25, -0.2) is 4.98 Å². The number of hydrogen-bond donors (Lipinski definition) is 3. The van der Waals surface area contributed by atoms with Gasteiger partial charge in [0.1, 0.15) is 24.2 Å². The van der Waals surface area contributed by atoms with Crippen LogP contribution in [0.25, 0.3) is 11.5 Å². The summed E-state index contributed by atoms with van der Waals surface area (Å²) in [5.74, 6) is 5.83. The molecule has 1 saturated heterocycles. The highest BCUT2D eigenvalue weighted by Gasteiger charge is 2.33. The molecule has 3 N–H and O–H groups in total. The fourth-order valence-corrected chi connectivity index (χ4v) is 6.18. The third kappa shape index (κ3) is 9.07. The highest BCUT2D eigenvalue weighted by molar-refractivity contribution is 7.87. The fraction of sp³-hybridized carbons (Fsp3) is 0.406. The van der Waals surface area contributed by atoms with Gasteiger partial charge in [-0.05, 0) is 48.4 Å². The topological polar surface area (TPSA) is 164 Å². The largest absolute Gasteiger partial charge is 0.490 e. The first-order valence-corrected chi connectivity index (χ1v) is 16.2. The number of rotatable bonds is 13. The number of carboxylic acids is 1. The number of methoxy groups -OCH3 is 1. The number of nitrogens with one attached hydrogen (secondary N) is 2. The molecule has 1 amide bonds. The van der Waals surface area contributed by atoms with Gasteiger partial charge in [0.25, 0.3) is 10.2 Å². The van der Waals surface area contributed by atoms with Crippen molar-refractivity contribution in [1.29, 1.82) is 0 Å². The molecule has 14 heteroatoms. The van der Waals surface area contributed by atoms with Gasteiger partial charge in [0, 0.05) is 57.2 Å². The first kappa shape index (κ1) is 34.5. The molecule has 46 heavy (non-hydrogen) atoms. The predicted octanol–water partition coefficient (Wildman–Crippen LogP) is 2.12. The number of aliphatic carboxylic acids is 1. The van der Waals surface area contributed by atoms with Crippen molar-refractivity contribution in [3.8, 4) is 29.0 Å². The third-order valence-corrected chi connectivity index (χ3v) is 8.89. The molecule has 0 bridgehead atoms. The Hall–Kier alpha value is -4.42. The van der Waals surface area contributed by atoms with E-state index in [1.807, 2.05) is 36.4 Å². The van der Waals surface area contributed by atoms with Crippen LogP contribution in [-0.4, -0.2) is 94.3 Å². The zero-order valence-electron chi connectivity index (χ0n) is 26.3. The summed E-state index contributed by atoms with van der Waals surface area (Å²) in [5.41, 5.74) is 3.02. The SMILES string of the molecule is CNC(=O)Cc1cnc(-c2cc(C#Cc3ccc(N4CCN(S(=O)(=O)N[C@@H](C(=O)O)C(C)C)CC4)cc3)ccc2OCCOC)o1. The summed E-state index contributed by atoms with van der Waals surface area (Å²) in [5, 5.41) is 11.9. The zero-order chi connectivity index (χ0) is 33.3. The smallest absolute Gasteiger partial charge is 0.322 e. The Kier molecular flexibility index (Phi) is 11.8. The molecule has 0 aliphatic carbocycles. The van der Waals surface area contributed by atoms with Crippen molar-refractivity contribution in [3.63, 3.8) is 0 Å². The lowest BCUT2D eigenvalue weighted by Gasteiger charge is -2.36. The lowest BCUT2D eigenvalue weighted by Crippen LogP contribution is -2.55. The highest BCUT2D eigenvalue weighted by atomic mass is 32.2. The second kappa shape index (κ2) is 15.7. The summed E-state index contributed by atoms with van der Waals surface area (Å²) in [6.07, 6.45) is 1.58. The zero-order valence-corrected chi connectivity index (χ0v) is 27.1. The van der Waals surface area contributed by atoms with Crippen LogP contribution < -0.4 is 19.7 Å². The molecule has 1 fully saturated rings. The molecule has 13 nitrogen and oxygen atoms in total. The molecule has 3 aromatic rings. The molecule has 0 unspecified atom stereocenters. The monoisotopic (exact) mass is 653 g/mol. The molecule has 0 spiro atoms. The van der Waals surface area contributed by atoms with Crippen molar-refractivity contribution < 1.29 is 37.0 Å². The summed E-state index contributed by atoms with van der Waals surface area (Å²) in [6, 6.07) is 11.9. The number of nitrogens with zero attached hydrogens (tertiary/aromatic N) is 3. The number of benzene rings is 2. The second-order valence-electron chi connectivity index (χ2n) is 10.9. The molecule has 1 aromatic heterocycles. The van der Waals surface area contributed by atoms with Crippen LogP contribution in [0.15, 0.2) is 53.1 Å². The van der Waals surface area contributed by atoms with Gasteiger partial charge in [0.05, 0.1) is 24.8 Å². The number of likely N-dealkylation sites (N-methyl/N-ethyl adjacent to an activating group) is 1. The van der Waals surface area contributed by atoms with Crippen molar-refractivity contribution >= 4 is 27.8 Å². The average molecular weight is 654 g/mol. The summed E-state index contributed by atoms with van der Waals surface area (Å²) < 4.78 is 46.0. The number of carbonyl (C=O) groups is 2. The highest BCUT2D eigenvalue weighted by Crippen LogP contribution is 2.31. The normalized spacial score (nSPS) is 14.4. The minimum Gasteiger partial charge on any atom is -0.490 e. The molecule has 0 saturated carbocycles. The van der Waals surface area contributed by atoms with E-state index in [9.17, 15) is 23.1 Å². The fourth-order valence-electron chi connectivity index (χ4n) is 4.69. The standard InChI is InChI=1S/C32H39N5O8S/c1-22(2)30(32(39)40)35-46(41,42)37-15-13-36(14-16-37)25-10-7-23(8-11-25)5-6-24-9-12-28(44-18-17-43-4)27(19-24)31-34-21-26(45-31)20-29(38)33-3/h7-12,19,21-22,30,35H,13-18,20H2,1-4H3,(H,33,38)(H,39,40)/t30-/m1/s1. The molecule has 246 valence electrons. The van der Waals surface area contributed by atoms with Crippen molar-refractivity contribution in [3.05, 3.63) is 65.5 Å². The van der Waals surface area contributed by atoms with Crippen molar-refractivity contribution in [2.75, 3.05) is 58.5 Å². The van der Waals surface area contributed by atoms with Crippen LogP contribution in [0.5, 0.6) is 5.75 Å². The Morgan fingerprint density at radius 1 is 1.04 bits per heavy atom. The van der Waals surface area contributed by atoms with Crippen LogP contribution >= 0.6 is 0 Å². The van der Waals surface area contributed by atoms with Gasteiger partial charge in [-0.1, -0.05) is 25.7 Å². The number of carboxylic acid groups (broad SMARTS) is 1. The molecular formula is C32H39N5O8S. The quantitative estimate of drug-likeness (QED) is 0.184. The first-order chi connectivity index (χ1) is 22.0. The van der Waals surface area contributed by atoms with Crippen molar-refractivity contribution in [2.24, 2.45) is 5.92 Å². The number of amides is 1. The molecule has 0 radical (unpaired) electrons. The maximum absolute atomic E-state index is 12.8. The van der Waals surface area contributed by atoms with Crippen LogP contribution in [0, 0.1) is 17.8 Å². The molecule has 1 atom stereocenters. The van der Waals surface area contributed by atoms with E-state index in [0.717, 1.165) is 11.3 Å². The molecule has 2 heterocycles. The average Bonchev–Trinajstić information content (AvgIpc) is 3.51. The lowest BCUT2D eigenvalue weighted by molar-refractivity contribution is -0.140. The van der Waals surface area contributed by atoms with Gasteiger partial charge in [-0.3, -0.25) is 9.59 Å². The van der Waals surface area contributed by atoms with Crippen LogP contribution in [0.3, 0.4) is 0 Å². The first-order valence-electron chi connectivity index (χ1n) is 14.8. The number of hydrogen-bond acceptors (Lipinski definition) is 9. The van der Waals surface area contributed by atoms with Gasteiger partial charge in [-0.2, -0.15) is 17.4 Å². The van der Waals surface area contributed by atoms with E-state index in [-0.39, 0.29) is 31.3 Å². The van der Waals surface area contributed by atoms with Gasteiger partial charge in [0.2, 0.25) is 11.8 Å². The summed E-state index contributed by atoms with van der Waals surface area (Å²) in [6.45, 7) is 5.43. The summed E-state index contributed by atoms with van der Waals surface area (Å²) in [4.78, 5) is 29.7. The van der Waals surface area contributed by atoms with E-state index >= 15 is 0 Å². The maximum Gasteiger partial charge on any atom is 0.322 e. The van der Waals surface area contributed by atoms with Gasteiger partial charge in [0.15, 0.2) is 0 Å². The number of piperazine rings is 1. The van der Waals surface area contributed by atoms with Crippen LogP contribution in [0.1, 0.15) is 30.7 Å². The van der Waals surface area contributed by atoms with Crippen molar-refractivity contribution in [2.45, 2.75) is 26.3 Å². The summed E-state index contributed by atoms with van der Waals surface area (Å²) in [7, 11) is -0.788. The van der Waals surface area contributed by atoms with E-state index in [2.05, 4.69) is 31.8 Å². The van der Waals surface area contributed by atoms with E-state index < -0.39 is 22.2 Å². The second-order valence-corrected chi connectivity index (χ2v) is 12.6. The van der Waals surface area contributed by atoms with Gasteiger partial charge < -0.3 is 29.2 Å². The Morgan fingerprint density at radius 2 is 1.72 bits per heavy atom. The van der Waals surface area contributed by atoms with Gasteiger partial charge in [-0.15, -0.1) is 0 Å². The van der Waals surface area contributed by atoms with Crippen LogP contribution in [0.4, 0.5) is 5.69 Å². The molecular weight excluding hydrogens is 614 g/mol.